The molecule has 1 aromatic carbocycles. The molecule has 2 heterocycles. The molecule has 2 aromatic heterocycles. The van der Waals surface area contributed by atoms with E-state index in [1.807, 2.05) is 35.2 Å². The fourth-order valence-corrected chi connectivity index (χ4v) is 2.62. The summed E-state index contributed by atoms with van der Waals surface area (Å²) < 4.78 is 33.0. The quantitative estimate of drug-likeness (QED) is 0.578. The lowest BCUT2D eigenvalue weighted by atomic mass is 10.1. The summed E-state index contributed by atoms with van der Waals surface area (Å²) in [4.78, 5) is 17.8. The van der Waals surface area contributed by atoms with Crippen LogP contribution >= 0.6 is 0 Å². The smallest absolute Gasteiger partial charge is 0.267 e. The van der Waals surface area contributed by atoms with Gasteiger partial charge in [0.15, 0.2) is 0 Å². The first-order chi connectivity index (χ1) is 13.3. The number of amides is 1. The number of sulfonamides is 1. The van der Waals surface area contributed by atoms with Crippen LogP contribution in [-0.4, -0.2) is 30.7 Å². The Hall–Kier alpha value is -3.24. The summed E-state index contributed by atoms with van der Waals surface area (Å²) in [6.45, 7) is 1.99. The summed E-state index contributed by atoms with van der Waals surface area (Å²) in [5.74, 6) is 0.305. The fraction of sp³-hybridized carbons (Fsp3) is 0.167. The lowest BCUT2D eigenvalue weighted by molar-refractivity contribution is 0.0944. The summed E-state index contributed by atoms with van der Waals surface area (Å²) >= 11 is 0. The average molecular weight is 402 g/mol. The molecule has 2 N–H and O–H groups in total. The maximum atomic E-state index is 11.9. The van der Waals surface area contributed by atoms with Crippen molar-refractivity contribution in [3.8, 4) is 17.1 Å². The first kappa shape index (κ1) is 19.5. The number of hydrogen-bond donors (Lipinski definition) is 2. The second kappa shape index (κ2) is 8.19. The van der Waals surface area contributed by atoms with Gasteiger partial charge in [-0.2, -0.15) is 0 Å². The number of aromatic nitrogens is 2. The van der Waals surface area contributed by atoms with Crippen LogP contribution in [0.5, 0.6) is 5.88 Å². The molecular formula is C18H18N4O5S. The summed E-state index contributed by atoms with van der Waals surface area (Å²) in [5, 5.41) is 4.09. The van der Waals surface area contributed by atoms with Crippen LogP contribution < -0.4 is 15.0 Å². The molecule has 3 aromatic rings. The van der Waals surface area contributed by atoms with Crippen molar-refractivity contribution < 1.29 is 22.5 Å². The van der Waals surface area contributed by atoms with Crippen molar-refractivity contribution in [1.82, 2.24) is 20.4 Å². The van der Waals surface area contributed by atoms with Gasteiger partial charge in [-0.1, -0.05) is 35.5 Å². The van der Waals surface area contributed by atoms with Crippen LogP contribution in [0.4, 0.5) is 0 Å². The Balaban J connectivity index is 1.66. The first-order valence-corrected chi connectivity index (χ1v) is 10.1. The lowest BCUT2D eigenvalue weighted by Gasteiger charge is -2.08. The number of nitrogens with one attached hydrogen (secondary N) is 2. The number of carbonyl (C=O) groups excluding carboxylic acids is 1. The van der Waals surface area contributed by atoms with Crippen LogP contribution in [-0.2, 0) is 16.6 Å². The number of hydrazine groups is 1. The van der Waals surface area contributed by atoms with Crippen LogP contribution in [0.15, 0.2) is 53.2 Å². The predicted molar refractivity (Wildman–Crippen MR) is 101 cm³/mol. The van der Waals surface area contributed by atoms with Gasteiger partial charge < -0.3 is 9.26 Å². The number of hydrogen-bond acceptors (Lipinski definition) is 7. The third-order valence-corrected chi connectivity index (χ3v) is 4.22. The Morgan fingerprint density at radius 1 is 1.18 bits per heavy atom. The van der Waals surface area contributed by atoms with E-state index in [0.29, 0.717) is 17.3 Å². The largest absolute Gasteiger partial charge is 0.473 e. The minimum atomic E-state index is -3.54. The molecule has 0 radical (unpaired) electrons. The molecule has 1 amide bonds. The van der Waals surface area contributed by atoms with Crippen molar-refractivity contribution in [3.63, 3.8) is 0 Å². The molecular weight excluding hydrogens is 384 g/mol. The van der Waals surface area contributed by atoms with Gasteiger partial charge in [0, 0.05) is 17.8 Å². The Morgan fingerprint density at radius 2 is 1.93 bits per heavy atom. The Labute approximate surface area is 161 Å². The number of rotatable bonds is 7. The molecule has 3 rings (SSSR count). The maximum Gasteiger partial charge on any atom is 0.267 e. The van der Waals surface area contributed by atoms with Crippen molar-refractivity contribution in [1.29, 1.82) is 0 Å². The highest BCUT2D eigenvalue weighted by Crippen LogP contribution is 2.26. The van der Waals surface area contributed by atoms with E-state index in [9.17, 15) is 13.2 Å². The van der Waals surface area contributed by atoms with Gasteiger partial charge in [0.05, 0.1) is 17.4 Å². The van der Waals surface area contributed by atoms with Gasteiger partial charge in [0.25, 0.3) is 5.91 Å². The van der Waals surface area contributed by atoms with Gasteiger partial charge in [-0.05, 0) is 13.0 Å². The van der Waals surface area contributed by atoms with Crippen molar-refractivity contribution in [2.24, 2.45) is 0 Å². The number of benzene rings is 1. The zero-order valence-corrected chi connectivity index (χ0v) is 16.0. The van der Waals surface area contributed by atoms with E-state index >= 15 is 0 Å². The average Bonchev–Trinajstić information content (AvgIpc) is 3.05. The Bertz CT molecular complexity index is 1060. The minimum Gasteiger partial charge on any atom is -0.473 e. The monoisotopic (exact) mass is 402 g/mol. The Kier molecular flexibility index (Phi) is 5.71. The molecule has 0 fully saturated rings. The molecule has 0 aliphatic carbocycles. The van der Waals surface area contributed by atoms with E-state index < -0.39 is 15.9 Å². The first-order valence-electron chi connectivity index (χ1n) is 8.20. The summed E-state index contributed by atoms with van der Waals surface area (Å²) in [5.41, 5.74) is 4.65. The van der Waals surface area contributed by atoms with Crippen LogP contribution in [0, 0.1) is 6.92 Å². The number of nitrogens with zero attached hydrogens (tertiary/aromatic N) is 2. The van der Waals surface area contributed by atoms with Crippen LogP contribution in [0.1, 0.15) is 21.7 Å². The Morgan fingerprint density at radius 3 is 2.57 bits per heavy atom. The SMILES string of the molecule is Cc1onc(-c2ccccc2)c1COc1ccc(C(=O)NNS(C)(=O)=O)cn1. The van der Waals surface area contributed by atoms with Crippen LogP contribution in [0.2, 0.25) is 0 Å². The zero-order valence-electron chi connectivity index (χ0n) is 15.2. The van der Waals surface area contributed by atoms with Crippen LogP contribution in [0.3, 0.4) is 0 Å². The molecule has 0 spiro atoms. The molecule has 10 heteroatoms. The van der Waals surface area contributed by atoms with E-state index in [0.717, 1.165) is 17.4 Å². The topological polar surface area (TPSA) is 123 Å². The second-order valence-electron chi connectivity index (χ2n) is 5.93. The normalized spacial score (nSPS) is 11.2. The molecule has 0 bridgehead atoms. The van der Waals surface area contributed by atoms with E-state index in [-0.39, 0.29) is 12.2 Å². The van der Waals surface area contributed by atoms with Crippen molar-refractivity contribution >= 4 is 15.9 Å². The zero-order chi connectivity index (χ0) is 20.1. The van der Waals surface area contributed by atoms with Gasteiger partial charge in [-0.3, -0.25) is 10.2 Å². The van der Waals surface area contributed by atoms with Gasteiger partial charge in [-0.15, -0.1) is 4.83 Å². The van der Waals surface area contributed by atoms with Crippen LogP contribution in [0.25, 0.3) is 11.3 Å². The standard InChI is InChI=1S/C18H18N4O5S/c1-12-15(17(21-27-12)13-6-4-3-5-7-13)11-26-16-9-8-14(10-19-16)18(23)20-22-28(2,24)25/h3-10,22H,11H2,1-2H3,(H,20,23). The van der Waals surface area contributed by atoms with Crippen molar-refractivity contribution in [2.75, 3.05) is 6.26 Å². The highest BCUT2D eigenvalue weighted by molar-refractivity contribution is 7.88. The second-order valence-corrected chi connectivity index (χ2v) is 7.68. The molecule has 0 saturated heterocycles. The van der Waals surface area contributed by atoms with Gasteiger partial charge in [0.1, 0.15) is 18.1 Å². The van der Waals surface area contributed by atoms with E-state index in [1.165, 1.54) is 18.3 Å². The van der Waals surface area contributed by atoms with E-state index in [1.54, 1.807) is 6.92 Å². The number of ether oxygens (including phenoxy) is 1. The molecule has 0 atom stereocenters. The van der Waals surface area contributed by atoms with E-state index in [4.69, 9.17) is 9.26 Å². The molecule has 0 unspecified atom stereocenters. The minimum absolute atomic E-state index is 0.176. The lowest BCUT2D eigenvalue weighted by Crippen LogP contribution is -2.40. The molecule has 0 aliphatic rings. The molecule has 0 aliphatic heterocycles. The molecule has 9 nitrogen and oxygen atoms in total. The van der Waals surface area contributed by atoms with Crippen molar-refractivity contribution in [2.45, 2.75) is 13.5 Å². The summed E-state index contributed by atoms with van der Waals surface area (Å²) in [6, 6.07) is 12.6. The highest BCUT2D eigenvalue weighted by atomic mass is 32.2. The highest BCUT2D eigenvalue weighted by Gasteiger charge is 2.16. The number of aryl methyl sites for hydroxylation is 1. The number of carbonyl (C=O) groups is 1. The third-order valence-electron chi connectivity index (χ3n) is 3.74. The summed E-state index contributed by atoms with van der Waals surface area (Å²) in [6.07, 6.45) is 2.21. The molecule has 28 heavy (non-hydrogen) atoms. The van der Waals surface area contributed by atoms with E-state index in [2.05, 4.69) is 15.6 Å². The fourth-order valence-electron chi connectivity index (χ4n) is 2.34. The van der Waals surface area contributed by atoms with Gasteiger partial charge in [-0.25, -0.2) is 13.4 Å². The third kappa shape index (κ3) is 4.93. The summed E-state index contributed by atoms with van der Waals surface area (Å²) in [7, 11) is -3.54. The number of pyridine rings is 1. The van der Waals surface area contributed by atoms with Crippen molar-refractivity contribution in [3.05, 3.63) is 65.5 Å². The predicted octanol–water partition coefficient (Wildman–Crippen LogP) is 1.82. The maximum absolute atomic E-state index is 11.9. The molecule has 146 valence electrons. The molecule has 0 saturated carbocycles. The van der Waals surface area contributed by atoms with Gasteiger partial charge >= 0.3 is 0 Å². The van der Waals surface area contributed by atoms with Gasteiger partial charge in [0.2, 0.25) is 15.9 Å².